The van der Waals surface area contributed by atoms with Gasteiger partial charge in [0.25, 0.3) is 0 Å². The average molecular weight is 231 g/mol. The number of aliphatic hydroxyl groups is 3. The van der Waals surface area contributed by atoms with Crippen molar-refractivity contribution < 1.29 is 15.3 Å². The number of nitrogens with zero attached hydrogens (tertiary/aromatic N) is 1. The van der Waals surface area contributed by atoms with Crippen molar-refractivity contribution in [2.24, 2.45) is 0 Å². The standard InChI is InChI=1S/C12H25NO3/c1-3-4-5-6-7-13-9(2)11(15)12(16)10(13)8-14/h9-12,14-16H,3-8H2,1-2H3/t9-,10+,11-,12+/m0/s1. The summed E-state index contributed by atoms with van der Waals surface area (Å²) in [6.45, 7) is 4.84. The highest BCUT2D eigenvalue weighted by Gasteiger charge is 2.44. The van der Waals surface area contributed by atoms with E-state index >= 15 is 0 Å². The molecule has 0 spiro atoms. The molecule has 1 aliphatic rings. The van der Waals surface area contributed by atoms with Crippen LogP contribution in [-0.4, -0.2) is 57.7 Å². The number of hydrogen-bond acceptors (Lipinski definition) is 4. The zero-order chi connectivity index (χ0) is 12.1. The van der Waals surface area contributed by atoms with Gasteiger partial charge in [-0.05, 0) is 19.9 Å². The Labute approximate surface area is 97.9 Å². The maximum Gasteiger partial charge on any atom is 0.0991 e. The van der Waals surface area contributed by atoms with Gasteiger partial charge in [0, 0.05) is 6.04 Å². The quantitative estimate of drug-likeness (QED) is 0.577. The van der Waals surface area contributed by atoms with Crippen LogP contribution >= 0.6 is 0 Å². The molecule has 0 radical (unpaired) electrons. The van der Waals surface area contributed by atoms with Crippen molar-refractivity contribution in [2.75, 3.05) is 13.2 Å². The third-order valence-corrected chi connectivity index (χ3v) is 3.64. The molecule has 0 aromatic carbocycles. The van der Waals surface area contributed by atoms with E-state index in [1.807, 2.05) is 11.8 Å². The van der Waals surface area contributed by atoms with Crippen LogP contribution in [0.4, 0.5) is 0 Å². The molecule has 1 aliphatic heterocycles. The second-order valence-corrected chi connectivity index (χ2v) is 4.77. The molecule has 1 heterocycles. The maximum absolute atomic E-state index is 9.75. The molecule has 1 rings (SSSR count). The molecule has 0 unspecified atom stereocenters. The fourth-order valence-corrected chi connectivity index (χ4v) is 2.51. The topological polar surface area (TPSA) is 63.9 Å². The van der Waals surface area contributed by atoms with E-state index in [1.54, 1.807) is 0 Å². The van der Waals surface area contributed by atoms with Gasteiger partial charge in [-0.1, -0.05) is 26.2 Å². The zero-order valence-electron chi connectivity index (χ0n) is 10.3. The largest absolute Gasteiger partial charge is 0.395 e. The van der Waals surface area contributed by atoms with Gasteiger partial charge in [0.05, 0.1) is 24.9 Å². The van der Waals surface area contributed by atoms with E-state index in [2.05, 4.69) is 6.92 Å². The highest BCUT2D eigenvalue weighted by molar-refractivity contribution is 4.98. The Balaban J connectivity index is 2.43. The van der Waals surface area contributed by atoms with Crippen LogP contribution < -0.4 is 0 Å². The average Bonchev–Trinajstić information content (AvgIpc) is 2.49. The lowest BCUT2D eigenvalue weighted by Crippen LogP contribution is -2.41. The van der Waals surface area contributed by atoms with Crippen molar-refractivity contribution in [1.82, 2.24) is 4.90 Å². The summed E-state index contributed by atoms with van der Waals surface area (Å²) in [5.41, 5.74) is 0. The molecule has 4 nitrogen and oxygen atoms in total. The molecule has 4 atom stereocenters. The van der Waals surface area contributed by atoms with E-state index in [1.165, 1.54) is 19.3 Å². The molecule has 0 aliphatic carbocycles. The van der Waals surface area contributed by atoms with Crippen molar-refractivity contribution >= 4 is 0 Å². The highest BCUT2D eigenvalue weighted by Crippen LogP contribution is 2.25. The Morgan fingerprint density at radius 3 is 2.31 bits per heavy atom. The van der Waals surface area contributed by atoms with Crippen molar-refractivity contribution in [3.05, 3.63) is 0 Å². The molecular formula is C12H25NO3. The third-order valence-electron chi connectivity index (χ3n) is 3.64. The smallest absolute Gasteiger partial charge is 0.0991 e. The number of rotatable bonds is 6. The minimum atomic E-state index is -0.814. The van der Waals surface area contributed by atoms with Crippen molar-refractivity contribution in [2.45, 2.75) is 63.8 Å². The summed E-state index contributed by atoms with van der Waals surface area (Å²) in [4.78, 5) is 2.03. The van der Waals surface area contributed by atoms with E-state index < -0.39 is 12.2 Å². The maximum atomic E-state index is 9.75. The second kappa shape index (κ2) is 6.55. The molecular weight excluding hydrogens is 206 g/mol. The van der Waals surface area contributed by atoms with Gasteiger partial charge in [-0.15, -0.1) is 0 Å². The summed E-state index contributed by atoms with van der Waals surface area (Å²) in [5.74, 6) is 0. The van der Waals surface area contributed by atoms with Gasteiger partial charge >= 0.3 is 0 Å². The van der Waals surface area contributed by atoms with Gasteiger partial charge in [-0.25, -0.2) is 0 Å². The van der Waals surface area contributed by atoms with E-state index in [0.29, 0.717) is 0 Å². The van der Waals surface area contributed by atoms with Gasteiger partial charge in [0.1, 0.15) is 0 Å². The second-order valence-electron chi connectivity index (χ2n) is 4.77. The van der Waals surface area contributed by atoms with Crippen molar-refractivity contribution in [3.63, 3.8) is 0 Å². The van der Waals surface area contributed by atoms with Gasteiger partial charge in [0.15, 0.2) is 0 Å². The molecule has 0 aromatic heterocycles. The number of unbranched alkanes of at least 4 members (excludes halogenated alkanes) is 3. The first-order chi connectivity index (χ1) is 7.63. The fraction of sp³-hybridized carbons (Fsp3) is 1.00. The van der Waals surface area contributed by atoms with Gasteiger partial charge in [0.2, 0.25) is 0 Å². The van der Waals surface area contributed by atoms with Crippen LogP contribution in [0.25, 0.3) is 0 Å². The normalized spacial score (nSPS) is 35.8. The van der Waals surface area contributed by atoms with Gasteiger partial charge < -0.3 is 15.3 Å². The Bertz CT molecular complexity index is 201. The molecule has 16 heavy (non-hydrogen) atoms. The molecule has 1 saturated heterocycles. The molecule has 4 heteroatoms. The van der Waals surface area contributed by atoms with Crippen LogP contribution in [0.1, 0.15) is 39.5 Å². The first kappa shape index (κ1) is 13.9. The van der Waals surface area contributed by atoms with E-state index in [4.69, 9.17) is 0 Å². The molecule has 0 saturated carbocycles. The van der Waals surface area contributed by atoms with Crippen molar-refractivity contribution in [3.8, 4) is 0 Å². The monoisotopic (exact) mass is 231 g/mol. The summed E-state index contributed by atoms with van der Waals surface area (Å²) < 4.78 is 0. The Hall–Kier alpha value is -0.160. The first-order valence-electron chi connectivity index (χ1n) is 6.36. The lowest BCUT2D eigenvalue weighted by Gasteiger charge is -2.27. The fourth-order valence-electron chi connectivity index (χ4n) is 2.51. The predicted octanol–water partition coefficient (Wildman–Crippen LogP) is 0.354. The molecule has 1 fully saturated rings. The SMILES string of the molecule is CCCCCCN1[C@H](CO)[C@@H](O)[C@@H](O)[C@@H]1C. The Kier molecular flexibility index (Phi) is 5.69. The van der Waals surface area contributed by atoms with E-state index in [9.17, 15) is 15.3 Å². The number of likely N-dealkylation sites (tertiary alicyclic amines) is 1. The lowest BCUT2D eigenvalue weighted by molar-refractivity contribution is 0.0188. The summed E-state index contributed by atoms with van der Waals surface area (Å²) in [5, 5.41) is 28.7. The van der Waals surface area contributed by atoms with Crippen molar-refractivity contribution in [1.29, 1.82) is 0 Å². The zero-order valence-corrected chi connectivity index (χ0v) is 10.3. The molecule has 0 aromatic rings. The molecule has 0 amide bonds. The molecule has 0 bridgehead atoms. The Morgan fingerprint density at radius 1 is 1.06 bits per heavy atom. The molecule has 3 N–H and O–H groups in total. The highest BCUT2D eigenvalue weighted by atomic mass is 16.3. The van der Waals surface area contributed by atoms with Crippen LogP contribution in [0.3, 0.4) is 0 Å². The van der Waals surface area contributed by atoms with Crippen LogP contribution in [0.15, 0.2) is 0 Å². The predicted molar refractivity (Wildman–Crippen MR) is 63.2 cm³/mol. The lowest BCUT2D eigenvalue weighted by atomic mass is 10.1. The summed E-state index contributed by atoms with van der Waals surface area (Å²) in [7, 11) is 0. The van der Waals surface area contributed by atoms with Crippen LogP contribution in [0.5, 0.6) is 0 Å². The van der Waals surface area contributed by atoms with Crippen LogP contribution in [0.2, 0.25) is 0 Å². The van der Waals surface area contributed by atoms with E-state index in [-0.39, 0.29) is 18.7 Å². The van der Waals surface area contributed by atoms with Crippen LogP contribution in [0, 0.1) is 0 Å². The Morgan fingerprint density at radius 2 is 1.75 bits per heavy atom. The first-order valence-corrected chi connectivity index (χ1v) is 6.36. The van der Waals surface area contributed by atoms with Gasteiger partial charge in [-0.3, -0.25) is 4.90 Å². The van der Waals surface area contributed by atoms with Crippen LogP contribution in [-0.2, 0) is 0 Å². The number of aliphatic hydroxyl groups excluding tert-OH is 3. The minimum absolute atomic E-state index is 0.0613. The third kappa shape index (κ3) is 2.94. The molecule has 96 valence electrons. The summed E-state index contributed by atoms with van der Waals surface area (Å²) in [6, 6.07) is -0.361. The summed E-state index contributed by atoms with van der Waals surface area (Å²) in [6.07, 6.45) is 3.11. The van der Waals surface area contributed by atoms with Gasteiger partial charge in [-0.2, -0.15) is 0 Å². The van der Waals surface area contributed by atoms with E-state index in [0.717, 1.165) is 13.0 Å². The minimum Gasteiger partial charge on any atom is -0.395 e. The summed E-state index contributed by atoms with van der Waals surface area (Å²) >= 11 is 0. The number of hydrogen-bond donors (Lipinski definition) is 3.